The molecule has 5 rings (SSSR count). The minimum absolute atomic E-state index is 0.172. The Kier molecular flexibility index (Phi) is 5.35. The Morgan fingerprint density at radius 3 is 2.87 bits per heavy atom. The molecule has 30 heavy (non-hydrogen) atoms. The Morgan fingerprint density at radius 1 is 1.23 bits per heavy atom. The Balaban J connectivity index is 1.15. The van der Waals surface area contributed by atoms with Gasteiger partial charge in [-0.3, -0.25) is 9.78 Å². The Hall–Kier alpha value is -2.58. The van der Waals surface area contributed by atoms with Gasteiger partial charge in [-0.15, -0.1) is 11.3 Å². The Morgan fingerprint density at radius 2 is 2.07 bits per heavy atom. The number of nitrogens with zero attached hydrogens (tertiary/aromatic N) is 4. The smallest absolute Gasteiger partial charge is 0.223 e. The van der Waals surface area contributed by atoms with Crippen LogP contribution in [0.1, 0.15) is 24.8 Å². The van der Waals surface area contributed by atoms with Gasteiger partial charge in [-0.2, -0.15) is 0 Å². The van der Waals surface area contributed by atoms with E-state index in [0.717, 1.165) is 24.9 Å². The molecule has 0 radical (unpaired) electrons. The van der Waals surface area contributed by atoms with Crippen molar-refractivity contribution < 1.29 is 9.18 Å². The summed E-state index contributed by atoms with van der Waals surface area (Å²) in [6, 6.07) is 8.24. The Labute approximate surface area is 178 Å². The summed E-state index contributed by atoms with van der Waals surface area (Å²) in [6.45, 7) is 2.70. The van der Waals surface area contributed by atoms with Gasteiger partial charge in [0.25, 0.3) is 0 Å². The van der Waals surface area contributed by atoms with Crippen LogP contribution in [0.2, 0.25) is 0 Å². The molecule has 2 aromatic heterocycles. The van der Waals surface area contributed by atoms with Crippen LogP contribution in [0, 0.1) is 5.82 Å². The minimum atomic E-state index is -0.283. The second-order valence-corrected chi connectivity index (χ2v) is 8.82. The number of hydrogen-bond donors (Lipinski definition) is 1. The summed E-state index contributed by atoms with van der Waals surface area (Å²) in [6.07, 6.45) is 5.36. The van der Waals surface area contributed by atoms with E-state index in [9.17, 15) is 9.18 Å². The molecule has 2 aliphatic heterocycles. The number of rotatable bonds is 6. The van der Waals surface area contributed by atoms with Crippen molar-refractivity contribution in [3.05, 3.63) is 53.6 Å². The summed E-state index contributed by atoms with van der Waals surface area (Å²) in [4.78, 5) is 25.1. The third kappa shape index (κ3) is 3.65. The van der Waals surface area contributed by atoms with Crippen LogP contribution in [0.3, 0.4) is 0 Å². The number of carbonyl (C=O) groups is 1. The van der Waals surface area contributed by atoms with E-state index in [1.165, 1.54) is 16.5 Å². The van der Waals surface area contributed by atoms with Crippen LogP contribution in [-0.2, 0) is 11.3 Å². The molecule has 2 bridgehead atoms. The molecule has 2 fully saturated rings. The van der Waals surface area contributed by atoms with Gasteiger partial charge >= 0.3 is 0 Å². The fourth-order valence-electron chi connectivity index (χ4n) is 4.74. The number of benzene rings is 1. The predicted octanol–water partition coefficient (Wildman–Crippen LogP) is 3.19. The quantitative estimate of drug-likeness (QED) is 0.615. The highest BCUT2D eigenvalue weighted by Crippen LogP contribution is 2.36. The summed E-state index contributed by atoms with van der Waals surface area (Å²) >= 11 is 1.65. The number of hydrogen-bond acceptors (Lipinski definition) is 6. The number of anilines is 1. The van der Waals surface area contributed by atoms with Crippen LogP contribution in [0.15, 0.2) is 42.2 Å². The molecular formula is C22H24FN5OS. The molecule has 1 amide bonds. The summed E-state index contributed by atoms with van der Waals surface area (Å²) in [5.74, 6) is -0.111. The summed E-state index contributed by atoms with van der Waals surface area (Å²) in [7, 11) is 0. The number of likely N-dealkylation sites (tertiary alicyclic amines) is 1. The highest BCUT2D eigenvalue weighted by atomic mass is 32.1. The van der Waals surface area contributed by atoms with Gasteiger partial charge in [0, 0.05) is 50.9 Å². The maximum Gasteiger partial charge on any atom is 0.223 e. The predicted molar refractivity (Wildman–Crippen MR) is 116 cm³/mol. The molecule has 8 heteroatoms. The van der Waals surface area contributed by atoms with E-state index in [4.69, 9.17) is 0 Å². The van der Waals surface area contributed by atoms with E-state index in [1.807, 2.05) is 22.5 Å². The number of carbonyl (C=O) groups excluding carboxylic acids is 1. The van der Waals surface area contributed by atoms with E-state index in [0.29, 0.717) is 31.7 Å². The number of piperazine rings is 1. The van der Waals surface area contributed by atoms with Crippen molar-refractivity contribution in [2.45, 2.75) is 37.9 Å². The number of thiazole rings is 1. The fraction of sp³-hybridized carbons (Fsp3) is 0.409. The second kappa shape index (κ2) is 8.28. The first-order valence-electron chi connectivity index (χ1n) is 10.4. The fourth-order valence-corrected chi connectivity index (χ4v) is 5.54. The first-order valence-corrected chi connectivity index (χ1v) is 11.3. The van der Waals surface area contributed by atoms with Crippen LogP contribution in [0.4, 0.5) is 10.1 Å². The molecule has 2 saturated heterocycles. The lowest BCUT2D eigenvalue weighted by Gasteiger charge is -2.42. The average molecular weight is 426 g/mol. The SMILES string of the molecule is O=C(CCNCc1cccc2ncsc12)N1CC2CCC(C1)N2c1ccncc1F. The molecule has 3 aromatic rings. The zero-order valence-electron chi connectivity index (χ0n) is 16.6. The van der Waals surface area contributed by atoms with Crippen molar-refractivity contribution in [3.8, 4) is 0 Å². The molecule has 2 unspecified atom stereocenters. The zero-order chi connectivity index (χ0) is 20.5. The van der Waals surface area contributed by atoms with Gasteiger partial charge in [-0.25, -0.2) is 9.37 Å². The molecule has 2 atom stereocenters. The molecule has 1 aromatic carbocycles. The maximum absolute atomic E-state index is 14.2. The molecule has 2 aliphatic rings. The molecule has 1 N–H and O–H groups in total. The van der Waals surface area contributed by atoms with Crippen molar-refractivity contribution in [1.82, 2.24) is 20.2 Å². The molecular weight excluding hydrogens is 401 g/mol. The largest absolute Gasteiger partial charge is 0.360 e. The van der Waals surface area contributed by atoms with E-state index in [-0.39, 0.29) is 23.8 Å². The van der Waals surface area contributed by atoms with Gasteiger partial charge < -0.3 is 15.1 Å². The van der Waals surface area contributed by atoms with Crippen LogP contribution in [-0.4, -0.2) is 52.5 Å². The molecule has 4 heterocycles. The minimum Gasteiger partial charge on any atom is -0.360 e. The van der Waals surface area contributed by atoms with Crippen LogP contribution in [0.25, 0.3) is 10.2 Å². The summed E-state index contributed by atoms with van der Waals surface area (Å²) < 4.78 is 15.4. The first kappa shape index (κ1) is 19.4. The lowest BCUT2D eigenvalue weighted by Crippen LogP contribution is -2.56. The van der Waals surface area contributed by atoms with Crippen molar-refractivity contribution in [2.75, 3.05) is 24.5 Å². The lowest BCUT2D eigenvalue weighted by molar-refractivity contribution is -0.132. The van der Waals surface area contributed by atoms with Gasteiger partial charge in [0.1, 0.15) is 0 Å². The molecule has 156 valence electrons. The van der Waals surface area contributed by atoms with Gasteiger partial charge in [-0.1, -0.05) is 12.1 Å². The number of fused-ring (bicyclic) bond motifs is 3. The first-order chi connectivity index (χ1) is 14.7. The molecule has 0 aliphatic carbocycles. The standard InChI is InChI=1S/C22H24FN5OS/c23-18-11-25-8-6-20(18)28-16-4-5-17(28)13-27(12-16)21(29)7-9-24-10-15-2-1-3-19-22(15)30-14-26-19/h1-3,6,8,11,14,16-17,24H,4-5,7,9-10,12-13H2. The van der Waals surface area contributed by atoms with E-state index >= 15 is 0 Å². The number of halogens is 1. The average Bonchev–Trinajstić information content (AvgIpc) is 3.33. The topological polar surface area (TPSA) is 61.4 Å². The third-order valence-electron chi connectivity index (χ3n) is 6.13. The van der Waals surface area contributed by atoms with Gasteiger partial charge in [0.2, 0.25) is 5.91 Å². The highest BCUT2D eigenvalue weighted by molar-refractivity contribution is 7.16. The van der Waals surface area contributed by atoms with Gasteiger partial charge in [0.05, 0.1) is 27.6 Å². The van der Waals surface area contributed by atoms with Crippen molar-refractivity contribution in [1.29, 1.82) is 0 Å². The van der Waals surface area contributed by atoms with Crippen LogP contribution < -0.4 is 10.2 Å². The van der Waals surface area contributed by atoms with Crippen molar-refractivity contribution in [3.63, 3.8) is 0 Å². The van der Waals surface area contributed by atoms with Crippen molar-refractivity contribution in [2.24, 2.45) is 0 Å². The third-order valence-corrected chi connectivity index (χ3v) is 7.05. The molecule has 0 spiro atoms. The normalized spacial score (nSPS) is 20.8. The number of pyridine rings is 1. The van der Waals surface area contributed by atoms with E-state index in [1.54, 1.807) is 23.6 Å². The van der Waals surface area contributed by atoms with Gasteiger partial charge in [0.15, 0.2) is 5.82 Å². The summed E-state index contributed by atoms with van der Waals surface area (Å²) in [5, 5.41) is 3.40. The highest BCUT2D eigenvalue weighted by Gasteiger charge is 2.42. The monoisotopic (exact) mass is 425 g/mol. The summed E-state index contributed by atoms with van der Waals surface area (Å²) in [5.41, 5.74) is 4.72. The Bertz CT molecular complexity index is 1040. The second-order valence-electron chi connectivity index (χ2n) is 7.96. The van der Waals surface area contributed by atoms with Crippen molar-refractivity contribution >= 4 is 33.1 Å². The van der Waals surface area contributed by atoms with Crippen LogP contribution >= 0.6 is 11.3 Å². The van der Waals surface area contributed by atoms with E-state index in [2.05, 4.69) is 26.3 Å². The van der Waals surface area contributed by atoms with Gasteiger partial charge in [-0.05, 0) is 30.5 Å². The lowest BCUT2D eigenvalue weighted by atomic mass is 10.1. The number of aromatic nitrogens is 2. The number of nitrogens with one attached hydrogen (secondary N) is 1. The van der Waals surface area contributed by atoms with Crippen LogP contribution in [0.5, 0.6) is 0 Å². The molecule has 6 nitrogen and oxygen atoms in total. The maximum atomic E-state index is 14.2. The molecule has 0 saturated carbocycles. The zero-order valence-corrected chi connectivity index (χ0v) is 17.4. The number of amides is 1. The van der Waals surface area contributed by atoms with E-state index < -0.39 is 0 Å².